The summed E-state index contributed by atoms with van der Waals surface area (Å²) in [5.74, 6) is 0.952. The van der Waals surface area contributed by atoms with Gasteiger partial charge >= 0.3 is 0 Å². The molecule has 1 atom stereocenters. The van der Waals surface area contributed by atoms with Crippen molar-refractivity contribution in [2.24, 2.45) is 0 Å². The second-order valence-electron chi connectivity index (χ2n) is 8.11. The fourth-order valence-corrected chi connectivity index (χ4v) is 4.29. The molecule has 3 heterocycles. The maximum atomic E-state index is 5.72. The maximum absolute atomic E-state index is 5.72. The van der Waals surface area contributed by atoms with Gasteiger partial charge in [-0.05, 0) is 32.4 Å². The van der Waals surface area contributed by atoms with E-state index in [1.54, 1.807) is 0 Å². The maximum Gasteiger partial charge on any atom is 0.138 e. The topological polar surface area (TPSA) is 45.0 Å². The third-order valence-corrected chi connectivity index (χ3v) is 6.00. The van der Waals surface area contributed by atoms with Gasteiger partial charge in [-0.1, -0.05) is 23.4 Å². The Morgan fingerprint density at radius 3 is 2.39 bits per heavy atom. The first-order chi connectivity index (χ1) is 13.6. The van der Waals surface area contributed by atoms with Gasteiger partial charge in [0.05, 0.1) is 18.4 Å². The number of morpholine rings is 1. The van der Waals surface area contributed by atoms with E-state index in [4.69, 9.17) is 9.26 Å². The molecule has 1 aromatic carbocycles. The molecule has 1 aromatic heterocycles. The Balaban J connectivity index is 1.35. The second kappa shape index (κ2) is 8.64. The quantitative estimate of drug-likeness (QED) is 0.790. The molecule has 2 aliphatic rings. The summed E-state index contributed by atoms with van der Waals surface area (Å²) in [6, 6.07) is 8.86. The van der Waals surface area contributed by atoms with E-state index in [1.807, 2.05) is 13.8 Å². The van der Waals surface area contributed by atoms with Crippen molar-refractivity contribution in [3.63, 3.8) is 0 Å². The predicted octanol–water partition coefficient (Wildman–Crippen LogP) is 2.83. The molecule has 2 aromatic rings. The highest BCUT2D eigenvalue weighted by atomic mass is 16.5. The average Bonchev–Trinajstić information content (AvgIpc) is 3.02. The van der Waals surface area contributed by atoms with Crippen molar-refractivity contribution < 1.29 is 9.26 Å². The van der Waals surface area contributed by atoms with Crippen molar-refractivity contribution in [3.8, 4) is 0 Å². The summed E-state index contributed by atoms with van der Waals surface area (Å²) in [5.41, 5.74) is 5.07. The molecular weight excluding hydrogens is 352 g/mol. The second-order valence-corrected chi connectivity index (χ2v) is 8.11. The summed E-state index contributed by atoms with van der Waals surface area (Å²) in [7, 11) is 0. The molecule has 0 bridgehead atoms. The van der Waals surface area contributed by atoms with Crippen molar-refractivity contribution in [2.75, 3.05) is 50.8 Å². The van der Waals surface area contributed by atoms with E-state index in [0.29, 0.717) is 6.10 Å². The van der Waals surface area contributed by atoms with Crippen LogP contribution in [0.4, 0.5) is 5.69 Å². The Kier molecular flexibility index (Phi) is 5.99. The molecule has 0 amide bonds. The van der Waals surface area contributed by atoms with Crippen LogP contribution in [0.25, 0.3) is 0 Å². The van der Waals surface area contributed by atoms with E-state index >= 15 is 0 Å². The molecule has 0 unspecified atom stereocenters. The lowest BCUT2D eigenvalue weighted by Crippen LogP contribution is -2.46. The number of para-hydroxylation sites is 1. The van der Waals surface area contributed by atoms with Gasteiger partial charge < -0.3 is 14.2 Å². The minimum Gasteiger partial charge on any atom is -0.375 e. The van der Waals surface area contributed by atoms with Crippen LogP contribution in [0.2, 0.25) is 0 Å². The molecule has 2 saturated heterocycles. The molecule has 0 aliphatic carbocycles. The first kappa shape index (κ1) is 19.4. The van der Waals surface area contributed by atoms with Gasteiger partial charge in [-0.15, -0.1) is 0 Å². The standard InChI is InChI=1S/C22H32N4O2/c1-17-14-26(12-13-27-17)22-7-5-4-6-20(22)15-24-8-10-25(11-9-24)16-21-18(2)23-28-19(21)3/h4-7,17H,8-16H2,1-3H3/t17-/m0/s1. The molecule has 4 rings (SSSR count). The Morgan fingerprint density at radius 2 is 1.71 bits per heavy atom. The number of hydrogen-bond donors (Lipinski definition) is 0. The normalized spacial score (nSPS) is 22.0. The fraction of sp³-hybridized carbons (Fsp3) is 0.591. The number of anilines is 1. The summed E-state index contributed by atoms with van der Waals surface area (Å²) in [6.45, 7) is 15.3. The molecule has 6 heteroatoms. The van der Waals surface area contributed by atoms with Crippen LogP contribution >= 0.6 is 0 Å². The molecule has 2 fully saturated rings. The van der Waals surface area contributed by atoms with Crippen LogP contribution in [0.5, 0.6) is 0 Å². The SMILES string of the molecule is Cc1noc(C)c1CN1CCN(Cc2ccccc2N2CCO[C@@H](C)C2)CC1. The van der Waals surface area contributed by atoms with Gasteiger partial charge in [0.15, 0.2) is 0 Å². The zero-order valence-electron chi connectivity index (χ0n) is 17.4. The van der Waals surface area contributed by atoms with Gasteiger partial charge in [-0.25, -0.2) is 0 Å². The number of aromatic nitrogens is 1. The van der Waals surface area contributed by atoms with Crippen LogP contribution in [-0.4, -0.2) is 66.9 Å². The molecule has 0 spiro atoms. The van der Waals surface area contributed by atoms with Crippen LogP contribution < -0.4 is 4.90 Å². The number of aryl methyl sites for hydroxylation is 2. The summed E-state index contributed by atoms with van der Waals surface area (Å²) in [5, 5.41) is 4.09. The minimum atomic E-state index is 0.301. The third kappa shape index (κ3) is 4.40. The lowest BCUT2D eigenvalue weighted by molar-refractivity contribution is 0.0530. The van der Waals surface area contributed by atoms with Gasteiger partial charge in [0.25, 0.3) is 0 Å². The predicted molar refractivity (Wildman–Crippen MR) is 111 cm³/mol. The van der Waals surface area contributed by atoms with E-state index in [9.17, 15) is 0 Å². The van der Waals surface area contributed by atoms with Crippen molar-refractivity contribution in [1.29, 1.82) is 0 Å². The van der Waals surface area contributed by atoms with Crippen molar-refractivity contribution >= 4 is 5.69 Å². The monoisotopic (exact) mass is 384 g/mol. The van der Waals surface area contributed by atoms with Crippen LogP contribution in [0.15, 0.2) is 28.8 Å². The molecule has 152 valence electrons. The molecule has 6 nitrogen and oxygen atoms in total. The van der Waals surface area contributed by atoms with Crippen LogP contribution in [0, 0.1) is 13.8 Å². The zero-order valence-corrected chi connectivity index (χ0v) is 17.4. The number of benzene rings is 1. The first-order valence-electron chi connectivity index (χ1n) is 10.4. The summed E-state index contributed by atoms with van der Waals surface area (Å²) in [4.78, 5) is 7.57. The number of nitrogens with zero attached hydrogens (tertiary/aromatic N) is 4. The molecule has 0 radical (unpaired) electrons. The number of rotatable bonds is 5. The minimum absolute atomic E-state index is 0.301. The molecular formula is C22H32N4O2. The summed E-state index contributed by atoms with van der Waals surface area (Å²) >= 11 is 0. The summed E-state index contributed by atoms with van der Waals surface area (Å²) in [6.07, 6.45) is 0.301. The highest BCUT2D eigenvalue weighted by Gasteiger charge is 2.23. The fourth-order valence-electron chi connectivity index (χ4n) is 4.29. The van der Waals surface area contributed by atoms with E-state index in [0.717, 1.165) is 70.4 Å². The third-order valence-electron chi connectivity index (χ3n) is 6.00. The van der Waals surface area contributed by atoms with E-state index in [1.165, 1.54) is 16.8 Å². The van der Waals surface area contributed by atoms with Crippen LogP contribution in [0.1, 0.15) is 29.5 Å². The van der Waals surface area contributed by atoms with Crippen molar-refractivity contribution in [2.45, 2.75) is 40.0 Å². The Morgan fingerprint density at radius 1 is 1.00 bits per heavy atom. The van der Waals surface area contributed by atoms with E-state index in [-0.39, 0.29) is 0 Å². The van der Waals surface area contributed by atoms with Crippen molar-refractivity contribution in [3.05, 3.63) is 46.8 Å². The van der Waals surface area contributed by atoms with Gasteiger partial charge in [0.1, 0.15) is 5.76 Å². The Labute approximate surface area is 168 Å². The van der Waals surface area contributed by atoms with Crippen LogP contribution in [0.3, 0.4) is 0 Å². The molecule has 28 heavy (non-hydrogen) atoms. The van der Waals surface area contributed by atoms with Gasteiger partial charge in [-0.3, -0.25) is 9.80 Å². The molecule has 0 saturated carbocycles. The smallest absolute Gasteiger partial charge is 0.138 e. The van der Waals surface area contributed by atoms with Crippen molar-refractivity contribution in [1.82, 2.24) is 15.0 Å². The Bertz CT molecular complexity index is 763. The zero-order chi connectivity index (χ0) is 19.5. The highest BCUT2D eigenvalue weighted by Crippen LogP contribution is 2.25. The first-order valence-corrected chi connectivity index (χ1v) is 10.4. The van der Waals surface area contributed by atoms with Gasteiger partial charge in [0, 0.05) is 63.6 Å². The summed E-state index contributed by atoms with van der Waals surface area (Å²) < 4.78 is 11.0. The average molecular weight is 385 g/mol. The van der Waals surface area contributed by atoms with E-state index < -0.39 is 0 Å². The lowest BCUT2D eigenvalue weighted by Gasteiger charge is -2.37. The number of piperazine rings is 1. The molecule has 0 N–H and O–H groups in total. The number of hydrogen-bond acceptors (Lipinski definition) is 6. The lowest BCUT2D eigenvalue weighted by atomic mass is 10.1. The molecule has 2 aliphatic heterocycles. The number of ether oxygens (including phenoxy) is 1. The highest BCUT2D eigenvalue weighted by molar-refractivity contribution is 5.54. The van der Waals surface area contributed by atoms with Gasteiger partial charge in [-0.2, -0.15) is 0 Å². The van der Waals surface area contributed by atoms with Crippen LogP contribution in [-0.2, 0) is 17.8 Å². The van der Waals surface area contributed by atoms with Gasteiger partial charge in [0.2, 0.25) is 0 Å². The largest absolute Gasteiger partial charge is 0.375 e. The van der Waals surface area contributed by atoms with E-state index in [2.05, 4.69) is 51.0 Å². The Hall–Kier alpha value is -1.89.